The molecule has 1 atom stereocenters. The summed E-state index contributed by atoms with van der Waals surface area (Å²) in [5.41, 5.74) is 1.29. The number of carbonyl (C=O) groups excluding carboxylic acids is 1. The molecule has 0 saturated carbocycles. The number of aryl methyl sites for hydroxylation is 1. The Hall–Kier alpha value is -1.62. The zero-order chi connectivity index (χ0) is 13.1. The summed E-state index contributed by atoms with van der Waals surface area (Å²) < 4.78 is 1.81. The number of thiophene rings is 1. The van der Waals surface area contributed by atoms with Crippen molar-refractivity contribution in [2.24, 2.45) is 0 Å². The van der Waals surface area contributed by atoms with Crippen LogP contribution in [0.4, 0.5) is 0 Å². The summed E-state index contributed by atoms with van der Waals surface area (Å²) in [5.74, 6) is 0.240. The highest BCUT2D eigenvalue weighted by molar-refractivity contribution is 7.07. The Morgan fingerprint density at radius 3 is 3.21 bits per heavy atom. The van der Waals surface area contributed by atoms with E-state index >= 15 is 0 Å². The summed E-state index contributed by atoms with van der Waals surface area (Å²) >= 11 is 1.70. The second-order valence-electron chi connectivity index (χ2n) is 4.82. The van der Waals surface area contributed by atoms with Gasteiger partial charge in [-0.05, 0) is 41.3 Å². The average molecular weight is 275 g/mol. The predicted octanol–water partition coefficient (Wildman–Crippen LogP) is 2.70. The van der Waals surface area contributed by atoms with Crippen molar-refractivity contribution in [1.82, 2.24) is 14.7 Å². The molecule has 1 saturated heterocycles. The van der Waals surface area contributed by atoms with Crippen molar-refractivity contribution in [3.8, 4) is 0 Å². The van der Waals surface area contributed by atoms with Gasteiger partial charge in [0.25, 0.3) is 0 Å². The van der Waals surface area contributed by atoms with Crippen molar-refractivity contribution in [3.63, 3.8) is 0 Å². The number of likely N-dealkylation sites (tertiary alicyclic amines) is 1. The molecule has 5 heteroatoms. The molecule has 1 aliphatic rings. The van der Waals surface area contributed by atoms with Crippen LogP contribution < -0.4 is 0 Å². The van der Waals surface area contributed by atoms with Gasteiger partial charge in [-0.2, -0.15) is 16.4 Å². The smallest absolute Gasteiger partial charge is 0.224 e. The number of hydrogen-bond donors (Lipinski definition) is 0. The maximum Gasteiger partial charge on any atom is 0.224 e. The summed E-state index contributed by atoms with van der Waals surface area (Å²) in [4.78, 5) is 14.4. The fraction of sp³-hybridized carbons (Fsp3) is 0.429. The highest BCUT2D eigenvalue weighted by Gasteiger charge is 2.29. The van der Waals surface area contributed by atoms with Crippen molar-refractivity contribution in [2.45, 2.75) is 31.8 Å². The Balaban J connectivity index is 1.62. The minimum Gasteiger partial charge on any atom is -0.336 e. The third-order valence-electron chi connectivity index (χ3n) is 3.62. The van der Waals surface area contributed by atoms with E-state index in [2.05, 4.69) is 21.9 Å². The summed E-state index contributed by atoms with van der Waals surface area (Å²) in [6.07, 6.45) is 6.36. The van der Waals surface area contributed by atoms with E-state index in [1.807, 2.05) is 21.8 Å². The Morgan fingerprint density at radius 2 is 2.47 bits per heavy atom. The van der Waals surface area contributed by atoms with E-state index in [4.69, 9.17) is 0 Å². The topological polar surface area (TPSA) is 38.1 Å². The first kappa shape index (κ1) is 12.4. The van der Waals surface area contributed by atoms with Crippen molar-refractivity contribution in [1.29, 1.82) is 0 Å². The molecule has 1 aliphatic heterocycles. The molecule has 2 aromatic rings. The van der Waals surface area contributed by atoms with Crippen molar-refractivity contribution in [2.75, 3.05) is 6.54 Å². The third kappa shape index (κ3) is 2.71. The average Bonchev–Trinajstić information content (AvgIpc) is 3.14. The Morgan fingerprint density at radius 1 is 1.53 bits per heavy atom. The van der Waals surface area contributed by atoms with Gasteiger partial charge in [0.05, 0.1) is 6.04 Å². The quantitative estimate of drug-likeness (QED) is 0.860. The van der Waals surface area contributed by atoms with Crippen LogP contribution >= 0.6 is 11.3 Å². The molecule has 0 spiro atoms. The second-order valence-corrected chi connectivity index (χ2v) is 5.60. The fourth-order valence-corrected chi connectivity index (χ4v) is 3.37. The van der Waals surface area contributed by atoms with Crippen LogP contribution in [0.1, 0.15) is 30.9 Å². The predicted molar refractivity (Wildman–Crippen MR) is 74.9 cm³/mol. The number of rotatable bonds is 4. The molecular weight excluding hydrogens is 258 g/mol. The molecular formula is C14H17N3OS. The number of nitrogens with zero attached hydrogens (tertiary/aromatic N) is 3. The molecule has 4 nitrogen and oxygen atoms in total. The van der Waals surface area contributed by atoms with Crippen LogP contribution in [0.3, 0.4) is 0 Å². The van der Waals surface area contributed by atoms with Gasteiger partial charge in [-0.25, -0.2) is 0 Å². The molecule has 2 aromatic heterocycles. The van der Waals surface area contributed by atoms with Crippen LogP contribution in [0.5, 0.6) is 0 Å². The lowest BCUT2D eigenvalue weighted by Gasteiger charge is -2.24. The lowest BCUT2D eigenvalue weighted by atomic mass is 10.1. The van der Waals surface area contributed by atoms with Crippen LogP contribution in [-0.4, -0.2) is 27.1 Å². The molecule has 0 bridgehead atoms. The van der Waals surface area contributed by atoms with Crippen molar-refractivity contribution < 1.29 is 4.79 Å². The zero-order valence-corrected chi connectivity index (χ0v) is 11.6. The number of carbonyl (C=O) groups is 1. The summed E-state index contributed by atoms with van der Waals surface area (Å²) in [5, 5.41) is 8.37. The van der Waals surface area contributed by atoms with Gasteiger partial charge < -0.3 is 4.90 Å². The van der Waals surface area contributed by atoms with Gasteiger partial charge in [0.2, 0.25) is 5.91 Å². The van der Waals surface area contributed by atoms with Gasteiger partial charge in [-0.1, -0.05) is 0 Å². The fourth-order valence-electron chi connectivity index (χ4n) is 2.66. The minimum absolute atomic E-state index is 0.240. The van der Waals surface area contributed by atoms with Crippen molar-refractivity contribution in [3.05, 3.63) is 40.8 Å². The van der Waals surface area contributed by atoms with E-state index in [9.17, 15) is 4.79 Å². The molecule has 1 amide bonds. The highest BCUT2D eigenvalue weighted by Crippen LogP contribution is 2.33. The Labute approximate surface area is 116 Å². The molecule has 3 heterocycles. The molecule has 0 aliphatic carbocycles. The number of aromatic nitrogens is 2. The molecule has 0 aromatic carbocycles. The van der Waals surface area contributed by atoms with E-state index in [1.165, 1.54) is 5.56 Å². The molecule has 0 unspecified atom stereocenters. The van der Waals surface area contributed by atoms with E-state index < -0.39 is 0 Å². The zero-order valence-electron chi connectivity index (χ0n) is 10.7. The van der Waals surface area contributed by atoms with Crippen LogP contribution in [0.2, 0.25) is 0 Å². The molecule has 3 rings (SSSR count). The Bertz CT molecular complexity index is 521. The van der Waals surface area contributed by atoms with E-state index in [1.54, 1.807) is 17.5 Å². The van der Waals surface area contributed by atoms with E-state index in [0.717, 1.165) is 19.4 Å². The monoisotopic (exact) mass is 275 g/mol. The summed E-state index contributed by atoms with van der Waals surface area (Å²) in [7, 11) is 0. The number of hydrogen-bond acceptors (Lipinski definition) is 3. The van der Waals surface area contributed by atoms with Gasteiger partial charge in [0, 0.05) is 31.9 Å². The highest BCUT2D eigenvalue weighted by atomic mass is 32.1. The molecule has 0 radical (unpaired) electrons. The summed E-state index contributed by atoms with van der Waals surface area (Å²) in [6.45, 7) is 1.55. The van der Waals surface area contributed by atoms with Gasteiger partial charge in [0.1, 0.15) is 0 Å². The molecule has 1 fully saturated rings. The summed E-state index contributed by atoms with van der Waals surface area (Å²) in [6, 6.07) is 4.31. The largest absolute Gasteiger partial charge is 0.336 e. The molecule has 19 heavy (non-hydrogen) atoms. The lowest BCUT2D eigenvalue weighted by molar-refractivity contribution is -0.132. The first-order chi connectivity index (χ1) is 9.34. The van der Waals surface area contributed by atoms with Crippen LogP contribution in [0, 0.1) is 0 Å². The molecule has 0 N–H and O–H groups in total. The van der Waals surface area contributed by atoms with Gasteiger partial charge >= 0.3 is 0 Å². The normalized spacial score (nSPS) is 18.9. The van der Waals surface area contributed by atoms with Crippen molar-refractivity contribution >= 4 is 17.2 Å². The van der Waals surface area contributed by atoms with Crippen LogP contribution in [-0.2, 0) is 11.3 Å². The van der Waals surface area contributed by atoms with Gasteiger partial charge in [0.15, 0.2) is 0 Å². The van der Waals surface area contributed by atoms with E-state index in [0.29, 0.717) is 13.0 Å². The third-order valence-corrected chi connectivity index (χ3v) is 4.32. The van der Waals surface area contributed by atoms with Crippen LogP contribution in [0.25, 0.3) is 0 Å². The Kier molecular flexibility index (Phi) is 3.64. The standard InChI is InChI=1S/C14H17N3OS/c18-14(4-9-16-7-2-6-15-16)17-8-1-3-13(17)12-5-10-19-11-12/h2,5-7,10-11,13H,1,3-4,8-9H2/t13-/m1/s1. The number of amides is 1. The minimum atomic E-state index is 0.240. The first-order valence-corrected chi connectivity index (χ1v) is 7.58. The maximum atomic E-state index is 12.3. The second kappa shape index (κ2) is 5.57. The van der Waals surface area contributed by atoms with Crippen LogP contribution in [0.15, 0.2) is 35.3 Å². The molecule has 100 valence electrons. The van der Waals surface area contributed by atoms with E-state index in [-0.39, 0.29) is 11.9 Å². The maximum absolute atomic E-state index is 12.3. The van der Waals surface area contributed by atoms with Gasteiger partial charge in [-0.3, -0.25) is 9.48 Å². The first-order valence-electron chi connectivity index (χ1n) is 6.63. The lowest BCUT2D eigenvalue weighted by Crippen LogP contribution is -2.31. The SMILES string of the molecule is O=C(CCn1cccn1)N1CCC[C@@H]1c1ccsc1. The van der Waals surface area contributed by atoms with Gasteiger partial charge in [-0.15, -0.1) is 0 Å².